The van der Waals surface area contributed by atoms with Gasteiger partial charge in [-0.05, 0) is 37.5 Å². The Kier molecular flexibility index (Phi) is 13.9. The summed E-state index contributed by atoms with van der Waals surface area (Å²) in [5.74, 6) is -0.155. The number of halogens is 1. The van der Waals surface area contributed by atoms with E-state index in [9.17, 15) is 9.18 Å². The van der Waals surface area contributed by atoms with Gasteiger partial charge in [-0.15, -0.1) is 0 Å². The molecule has 0 radical (unpaired) electrons. The number of nitrogens with two attached hydrogens (primary N) is 1. The van der Waals surface area contributed by atoms with Crippen LogP contribution >= 0.6 is 0 Å². The van der Waals surface area contributed by atoms with Gasteiger partial charge in [-0.3, -0.25) is 4.79 Å². The molecular formula is C29H54FNO. The lowest BCUT2D eigenvalue weighted by atomic mass is 9.41. The van der Waals surface area contributed by atoms with E-state index in [1.165, 1.54) is 128 Å². The highest BCUT2D eigenvalue weighted by atomic mass is 19.1. The molecule has 0 unspecified atom stereocenters. The van der Waals surface area contributed by atoms with E-state index in [2.05, 4.69) is 0 Å². The second-order valence-corrected chi connectivity index (χ2v) is 11.6. The highest BCUT2D eigenvalue weighted by molar-refractivity contribution is 5.73. The number of primary amides is 1. The van der Waals surface area contributed by atoms with Crippen molar-refractivity contribution in [1.29, 1.82) is 0 Å². The third-order valence-electron chi connectivity index (χ3n) is 8.21. The molecular weight excluding hydrogens is 397 g/mol. The van der Waals surface area contributed by atoms with E-state index in [1.807, 2.05) is 0 Å². The van der Waals surface area contributed by atoms with Gasteiger partial charge in [0.15, 0.2) is 0 Å². The number of hydrogen-bond donors (Lipinski definition) is 1. The van der Waals surface area contributed by atoms with Gasteiger partial charge in [0.25, 0.3) is 0 Å². The van der Waals surface area contributed by atoms with Crippen LogP contribution in [0.25, 0.3) is 0 Å². The average molecular weight is 452 g/mol. The summed E-state index contributed by atoms with van der Waals surface area (Å²) in [6, 6.07) is 0. The summed E-state index contributed by atoms with van der Waals surface area (Å²) < 4.78 is 13.5. The van der Waals surface area contributed by atoms with Crippen molar-refractivity contribution in [2.45, 2.75) is 173 Å². The summed E-state index contributed by atoms with van der Waals surface area (Å²) in [6.07, 6.45) is 33.2. The van der Waals surface area contributed by atoms with Crippen LogP contribution in [0.3, 0.4) is 0 Å². The number of hydrogen-bond acceptors (Lipinski definition) is 1. The van der Waals surface area contributed by atoms with Crippen LogP contribution < -0.4 is 5.73 Å². The Morgan fingerprint density at radius 2 is 0.812 bits per heavy atom. The predicted octanol–water partition coefficient (Wildman–Crippen LogP) is 9.34. The molecule has 3 rings (SSSR count). The Morgan fingerprint density at radius 1 is 0.531 bits per heavy atom. The lowest BCUT2D eigenvalue weighted by Crippen LogP contribution is -2.64. The fourth-order valence-corrected chi connectivity index (χ4v) is 6.28. The summed E-state index contributed by atoms with van der Waals surface area (Å²) in [6.45, 7) is 0. The fourth-order valence-electron chi connectivity index (χ4n) is 6.28. The van der Waals surface area contributed by atoms with Crippen molar-refractivity contribution in [3.63, 3.8) is 0 Å². The van der Waals surface area contributed by atoms with E-state index in [0.717, 1.165) is 32.1 Å². The van der Waals surface area contributed by atoms with E-state index >= 15 is 0 Å². The highest BCUT2D eigenvalue weighted by Crippen LogP contribution is 2.71. The third-order valence-corrected chi connectivity index (χ3v) is 8.21. The molecule has 1 amide bonds. The van der Waals surface area contributed by atoms with Crippen LogP contribution in [0.1, 0.15) is 167 Å². The number of carbonyl (C=O) groups excluding carboxylic acids is 1. The van der Waals surface area contributed by atoms with Crippen LogP contribution in [0.4, 0.5) is 4.39 Å². The van der Waals surface area contributed by atoms with Gasteiger partial charge < -0.3 is 5.73 Å². The summed E-state index contributed by atoms with van der Waals surface area (Å²) in [7, 11) is 0. The monoisotopic (exact) mass is 451 g/mol. The topological polar surface area (TPSA) is 43.1 Å². The van der Waals surface area contributed by atoms with Crippen LogP contribution in [0.15, 0.2) is 0 Å². The SMILES string of the molecule is NC(=O)CCCCCCCCCCCCCCCCCCCCCCCC12CC(F)(C1)C2. The minimum atomic E-state index is -0.698. The molecule has 0 spiro atoms. The van der Waals surface area contributed by atoms with Gasteiger partial charge in [-0.2, -0.15) is 0 Å². The van der Waals surface area contributed by atoms with E-state index in [4.69, 9.17) is 5.73 Å². The molecule has 188 valence electrons. The molecule has 0 atom stereocenters. The minimum Gasteiger partial charge on any atom is -0.370 e. The van der Waals surface area contributed by atoms with Gasteiger partial charge in [0.2, 0.25) is 5.91 Å². The number of amides is 1. The maximum atomic E-state index is 13.5. The molecule has 3 aliphatic rings. The van der Waals surface area contributed by atoms with Crippen molar-refractivity contribution < 1.29 is 9.18 Å². The van der Waals surface area contributed by atoms with Gasteiger partial charge in [0, 0.05) is 6.42 Å². The Balaban J connectivity index is 1.16. The Bertz CT molecular complexity index is 472. The maximum absolute atomic E-state index is 13.5. The van der Waals surface area contributed by atoms with Gasteiger partial charge in [-0.25, -0.2) is 4.39 Å². The summed E-state index contributed by atoms with van der Waals surface area (Å²) >= 11 is 0. The zero-order valence-corrected chi connectivity index (χ0v) is 21.2. The van der Waals surface area contributed by atoms with Crippen LogP contribution in [-0.4, -0.2) is 11.6 Å². The van der Waals surface area contributed by atoms with Gasteiger partial charge in [0.05, 0.1) is 0 Å². The molecule has 3 fully saturated rings. The molecule has 0 aromatic heterocycles. The smallest absolute Gasteiger partial charge is 0.217 e. The molecule has 0 heterocycles. The summed E-state index contributed by atoms with van der Waals surface area (Å²) in [4.78, 5) is 10.7. The van der Waals surface area contributed by atoms with Crippen LogP contribution in [0.2, 0.25) is 0 Å². The number of alkyl halides is 1. The van der Waals surface area contributed by atoms with Gasteiger partial charge in [0.1, 0.15) is 5.67 Å². The van der Waals surface area contributed by atoms with Crippen molar-refractivity contribution in [3.8, 4) is 0 Å². The minimum absolute atomic E-state index is 0.155. The lowest BCUT2D eigenvalue weighted by molar-refractivity contribution is -0.217. The van der Waals surface area contributed by atoms with E-state index in [-0.39, 0.29) is 5.91 Å². The first-order valence-electron chi connectivity index (χ1n) is 14.5. The maximum Gasteiger partial charge on any atom is 0.217 e. The normalized spacial score (nSPS) is 23.7. The first-order valence-corrected chi connectivity index (χ1v) is 14.5. The van der Waals surface area contributed by atoms with Crippen molar-refractivity contribution in [2.24, 2.45) is 11.1 Å². The lowest BCUT2D eigenvalue weighted by Gasteiger charge is -2.66. The highest BCUT2D eigenvalue weighted by Gasteiger charge is 2.68. The van der Waals surface area contributed by atoms with Crippen molar-refractivity contribution >= 4 is 5.91 Å². The zero-order valence-electron chi connectivity index (χ0n) is 21.2. The molecule has 2 N–H and O–H groups in total. The second kappa shape index (κ2) is 16.1. The van der Waals surface area contributed by atoms with Crippen LogP contribution in [0.5, 0.6) is 0 Å². The Morgan fingerprint density at radius 3 is 1.09 bits per heavy atom. The molecule has 0 saturated heterocycles. The van der Waals surface area contributed by atoms with Crippen LogP contribution in [0, 0.1) is 5.41 Å². The number of unbranched alkanes of at least 4 members (excludes halogenated alkanes) is 20. The number of carbonyl (C=O) groups is 1. The van der Waals surface area contributed by atoms with Crippen molar-refractivity contribution in [2.75, 3.05) is 0 Å². The Hall–Kier alpha value is -0.600. The third kappa shape index (κ3) is 12.0. The molecule has 3 saturated carbocycles. The Labute approximate surface area is 199 Å². The predicted molar refractivity (Wildman–Crippen MR) is 136 cm³/mol. The largest absolute Gasteiger partial charge is 0.370 e. The van der Waals surface area contributed by atoms with Gasteiger partial charge >= 0.3 is 0 Å². The molecule has 32 heavy (non-hydrogen) atoms. The van der Waals surface area contributed by atoms with Crippen molar-refractivity contribution in [3.05, 3.63) is 0 Å². The molecule has 3 aliphatic carbocycles. The average Bonchev–Trinajstić information content (AvgIpc) is 2.71. The first kappa shape index (κ1) is 27.6. The quantitative estimate of drug-likeness (QED) is 0.146. The molecule has 2 bridgehead atoms. The van der Waals surface area contributed by atoms with E-state index in [0.29, 0.717) is 11.8 Å². The molecule has 0 aromatic rings. The van der Waals surface area contributed by atoms with Crippen molar-refractivity contribution in [1.82, 2.24) is 0 Å². The summed E-state index contributed by atoms with van der Waals surface area (Å²) in [5, 5.41) is 0. The van der Waals surface area contributed by atoms with E-state index in [1.54, 1.807) is 0 Å². The fraction of sp³-hybridized carbons (Fsp3) is 0.966. The first-order chi connectivity index (χ1) is 15.5. The standard InChI is InChI=1S/C29H54FNO/c30-29-24-28(25-29,26-29)23-21-19-17-15-13-11-9-7-5-3-1-2-4-6-8-10-12-14-16-18-20-22-27(31)32/h1-26H2,(H2,31,32). The van der Waals surface area contributed by atoms with Gasteiger partial charge in [-0.1, -0.05) is 128 Å². The number of rotatable bonds is 24. The molecule has 0 aliphatic heterocycles. The molecule has 0 aromatic carbocycles. The molecule has 3 heteroatoms. The molecule has 2 nitrogen and oxygen atoms in total. The zero-order chi connectivity index (χ0) is 23.0. The second-order valence-electron chi connectivity index (χ2n) is 11.6. The summed E-state index contributed by atoms with van der Waals surface area (Å²) in [5.41, 5.74) is 4.93. The van der Waals surface area contributed by atoms with Crippen LogP contribution in [-0.2, 0) is 4.79 Å². The van der Waals surface area contributed by atoms with E-state index < -0.39 is 5.67 Å².